The molecule has 5 nitrogen and oxygen atoms in total. The zero-order chi connectivity index (χ0) is 14.5. The van der Waals surface area contributed by atoms with Gasteiger partial charge in [-0.15, -0.1) is 0 Å². The van der Waals surface area contributed by atoms with E-state index >= 15 is 0 Å². The summed E-state index contributed by atoms with van der Waals surface area (Å²) in [4.78, 5) is 22.8. The zero-order valence-corrected chi connectivity index (χ0v) is 12.0. The first-order valence-electron chi connectivity index (χ1n) is 6.10. The maximum absolute atomic E-state index is 11.8. The number of H-pyrrole nitrogens is 1. The van der Waals surface area contributed by atoms with Gasteiger partial charge in [0.2, 0.25) is 5.91 Å². The van der Waals surface area contributed by atoms with Crippen LogP contribution in [0.1, 0.15) is 6.92 Å². The van der Waals surface area contributed by atoms with E-state index < -0.39 is 0 Å². The lowest BCUT2D eigenvalue weighted by molar-refractivity contribution is -0.115. The summed E-state index contributed by atoms with van der Waals surface area (Å²) < 4.78 is 0. The highest BCUT2D eigenvalue weighted by atomic mass is 32.2. The minimum absolute atomic E-state index is 0.0379. The van der Waals surface area contributed by atoms with Crippen molar-refractivity contribution in [1.29, 1.82) is 0 Å². The summed E-state index contributed by atoms with van der Waals surface area (Å²) >= 11 is 1.49. The number of thioether (sulfide) groups is 1. The third-order valence-electron chi connectivity index (χ3n) is 2.83. The Kier molecular flexibility index (Phi) is 4.57. The number of rotatable bonds is 4. The summed E-state index contributed by atoms with van der Waals surface area (Å²) in [5, 5.41) is 9.10. The maximum Gasteiger partial charge on any atom is 0.264 e. The summed E-state index contributed by atoms with van der Waals surface area (Å²) in [6.07, 6.45) is 1.89. The molecule has 20 heavy (non-hydrogen) atoms. The molecule has 0 aliphatic heterocycles. The topological polar surface area (TPSA) is 74.8 Å². The fourth-order valence-corrected chi connectivity index (χ4v) is 1.89. The van der Waals surface area contributed by atoms with Crippen molar-refractivity contribution < 1.29 is 4.79 Å². The zero-order valence-electron chi connectivity index (χ0n) is 11.2. The van der Waals surface area contributed by atoms with Gasteiger partial charge in [0.05, 0.1) is 10.9 Å². The van der Waals surface area contributed by atoms with Gasteiger partial charge in [0.25, 0.3) is 5.56 Å². The summed E-state index contributed by atoms with van der Waals surface area (Å²) in [6.45, 7) is 1.85. The predicted molar refractivity (Wildman–Crippen MR) is 81.9 cm³/mol. The Morgan fingerprint density at radius 1 is 1.35 bits per heavy atom. The van der Waals surface area contributed by atoms with Crippen molar-refractivity contribution in [2.24, 2.45) is 0 Å². The van der Waals surface area contributed by atoms with Crippen LogP contribution >= 0.6 is 11.8 Å². The Labute approximate surface area is 120 Å². The van der Waals surface area contributed by atoms with E-state index in [1.54, 1.807) is 6.07 Å². The van der Waals surface area contributed by atoms with E-state index in [0.717, 1.165) is 5.56 Å². The number of amides is 1. The molecular weight excluding hydrogens is 274 g/mol. The fraction of sp³-hybridized carbons (Fsp3) is 0.214. The molecule has 1 amide bonds. The number of aromatic amines is 1. The van der Waals surface area contributed by atoms with Gasteiger partial charge in [-0.2, -0.15) is 16.9 Å². The van der Waals surface area contributed by atoms with Crippen molar-refractivity contribution in [3.05, 3.63) is 46.8 Å². The Balaban J connectivity index is 2.22. The average molecular weight is 289 g/mol. The van der Waals surface area contributed by atoms with E-state index in [4.69, 9.17) is 0 Å². The van der Waals surface area contributed by atoms with E-state index in [0.29, 0.717) is 11.4 Å². The second-order valence-corrected chi connectivity index (χ2v) is 5.43. The molecule has 1 heterocycles. The van der Waals surface area contributed by atoms with Crippen LogP contribution in [0, 0.1) is 0 Å². The van der Waals surface area contributed by atoms with Crippen molar-refractivity contribution in [1.82, 2.24) is 10.2 Å². The average Bonchev–Trinajstić information content (AvgIpc) is 2.47. The van der Waals surface area contributed by atoms with Crippen LogP contribution < -0.4 is 10.9 Å². The van der Waals surface area contributed by atoms with Gasteiger partial charge in [0.1, 0.15) is 0 Å². The third-order valence-corrected chi connectivity index (χ3v) is 3.75. The van der Waals surface area contributed by atoms with E-state index in [1.165, 1.54) is 17.8 Å². The molecule has 1 aromatic carbocycles. The van der Waals surface area contributed by atoms with E-state index in [-0.39, 0.29) is 16.7 Å². The Morgan fingerprint density at radius 3 is 2.80 bits per heavy atom. The van der Waals surface area contributed by atoms with Gasteiger partial charge in [-0.05, 0) is 31.4 Å². The van der Waals surface area contributed by atoms with Gasteiger partial charge < -0.3 is 5.32 Å². The summed E-state index contributed by atoms with van der Waals surface area (Å²) in [5.41, 5.74) is 1.95. The number of hydrogen-bond donors (Lipinski definition) is 2. The first kappa shape index (κ1) is 14.3. The standard InChI is InChI=1S/C14H15N3O2S/c1-9(20-2)14(19)15-11-5-3-4-10(8-11)12-6-7-13(18)17-16-12/h3-9H,1-2H3,(H,15,19)(H,17,18)/t9-/m1/s1. The number of benzene rings is 1. The lowest BCUT2D eigenvalue weighted by Gasteiger charge is -2.10. The molecule has 1 atom stereocenters. The number of carbonyl (C=O) groups is 1. The molecule has 2 aromatic rings. The molecule has 0 spiro atoms. The van der Waals surface area contributed by atoms with Crippen LogP contribution in [0.5, 0.6) is 0 Å². The van der Waals surface area contributed by atoms with Crippen molar-refractivity contribution in [2.45, 2.75) is 12.2 Å². The van der Waals surface area contributed by atoms with E-state index in [9.17, 15) is 9.59 Å². The van der Waals surface area contributed by atoms with Gasteiger partial charge >= 0.3 is 0 Å². The predicted octanol–water partition coefficient (Wildman–Crippen LogP) is 2.13. The van der Waals surface area contributed by atoms with Crippen LogP contribution in [-0.4, -0.2) is 27.6 Å². The molecule has 2 N–H and O–H groups in total. The molecule has 0 bridgehead atoms. The molecule has 1 aromatic heterocycles. The van der Waals surface area contributed by atoms with Crippen LogP contribution in [0.3, 0.4) is 0 Å². The molecule has 0 fully saturated rings. The molecule has 0 saturated carbocycles. The second-order valence-electron chi connectivity index (χ2n) is 4.25. The number of aromatic nitrogens is 2. The smallest absolute Gasteiger partial charge is 0.264 e. The largest absolute Gasteiger partial charge is 0.325 e. The monoisotopic (exact) mass is 289 g/mol. The molecular formula is C14H15N3O2S. The number of anilines is 1. The SMILES string of the molecule is CS[C@H](C)C(=O)Nc1cccc(-c2ccc(=O)[nH]n2)c1. The van der Waals surface area contributed by atoms with Gasteiger partial charge in [0.15, 0.2) is 0 Å². The van der Waals surface area contributed by atoms with Crippen molar-refractivity contribution >= 4 is 23.4 Å². The first-order chi connectivity index (χ1) is 9.60. The van der Waals surface area contributed by atoms with E-state index in [2.05, 4.69) is 15.5 Å². The second kappa shape index (κ2) is 6.38. The van der Waals surface area contributed by atoms with Crippen LogP contribution in [0.15, 0.2) is 41.2 Å². The quantitative estimate of drug-likeness (QED) is 0.904. The Morgan fingerprint density at radius 2 is 2.15 bits per heavy atom. The maximum atomic E-state index is 11.8. The molecule has 0 radical (unpaired) electrons. The highest BCUT2D eigenvalue weighted by Crippen LogP contribution is 2.20. The van der Waals surface area contributed by atoms with Crippen molar-refractivity contribution in [2.75, 3.05) is 11.6 Å². The first-order valence-corrected chi connectivity index (χ1v) is 7.39. The number of nitrogens with one attached hydrogen (secondary N) is 2. The third kappa shape index (κ3) is 3.48. The molecule has 0 unspecified atom stereocenters. The van der Waals surface area contributed by atoms with Crippen LogP contribution in [0.25, 0.3) is 11.3 Å². The van der Waals surface area contributed by atoms with Gasteiger partial charge in [0, 0.05) is 17.3 Å². The van der Waals surface area contributed by atoms with Crippen molar-refractivity contribution in [3.8, 4) is 11.3 Å². The van der Waals surface area contributed by atoms with Gasteiger partial charge in [-0.3, -0.25) is 9.59 Å². The molecule has 0 aliphatic rings. The molecule has 2 rings (SSSR count). The van der Waals surface area contributed by atoms with Gasteiger partial charge in [-0.25, -0.2) is 5.10 Å². The van der Waals surface area contributed by atoms with Crippen LogP contribution in [0.4, 0.5) is 5.69 Å². The van der Waals surface area contributed by atoms with Crippen molar-refractivity contribution in [3.63, 3.8) is 0 Å². The van der Waals surface area contributed by atoms with Gasteiger partial charge in [-0.1, -0.05) is 12.1 Å². The Bertz CT molecular complexity index is 649. The number of carbonyl (C=O) groups excluding carboxylic acids is 1. The molecule has 104 valence electrons. The minimum Gasteiger partial charge on any atom is -0.325 e. The minimum atomic E-state index is -0.244. The summed E-state index contributed by atoms with van der Waals surface area (Å²) in [7, 11) is 0. The highest BCUT2D eigenvalue weighted by Gasteiger charge is 2.11. The number of hydrogen-bond acceptors (Lipinski definition) is 4. The lowest BCUT2D eigenvalue weighted by atomic mass is 10.1. The van der Waals surface area contributed by atoms with E-state index in [1.807, 2.05) is 37.4 Å². The summed E-state index contributed by atoms with van der Waals surface area (Å²) in [5.74, 6) is -0.0379. The van der Waals surface area contributed by atoms with Crippen LogP contribution in [0.2, 0.25) is 0 Å². The number of nitrogens with zero attached hydrogens (tertiary/aromatic N) is 1. The molecule has 0 aliphatic carbocycles. The molecule has 6 heteroatoms. The summed E-state index contributed by atoms with van der Waals surface area (Å²) in [6, 6.07) is 10.4. The lowest BCUT2D eigenvalue weighted by Crippen LogP contribution is -2.22. The molecule has 0 saturated heterocycles. The normalized spacial score (nSPS) is 11.9. The fourth-order valence-electron chi connectivity index (χ4n) is 1.61. The highest BCUT2D eigenvalue weighted by molar-refractivity contribution is 7.99. The Hall–Kier alpha value is -2.08. The van der Waals surface area contributed by atoms with Crippen LogP contribution in [-0.2, 0) is 4.79 Å².